The molecule has 1 saturated heterocycles. The fraction of sp³-hybridized carbons (Fsp3) is 0.562. The first-order valence-electron chi connectivity index (χ1n) is 7.54. The molecule has 3 rings (SSSR count). The van der Waals surface area contributed by atoms with Gasteiger partial charge in [0, 0.05) is 5.69 Å². The van der Waals surface area contributed by atoms with Crippen LogP contribution in [0.25, 0.3) is 0 Å². The topological polar surface area (TPSA) is 70.0 Å². The summed E-state index contributed by atoms with van der Waals surface area (Å²) in [6, 6.07) is 7.45. The lowest BCUT2D eigenvalue weighted by Gasteiger charge is -2.32. The molecule has 1 atom stereocenters. The first-order chi connectivity index (χ1) is 10.1. The second-order valence-electron chi connectivity index (χ2n) is 5.94. The van der Waals surface area contributed by atoms with Crippen molar-refractivity contribution in [3.05, 3.63) is 29.8 Å². The van der Waals surface area contributed by atoms with Crippen LogP contribution in [-0.4, -0.2) is 35.6 Å². The third-order valence-corrected chi connectivity index (χ3v) is 4.47. The predicted octanol–water partition coefficient (Wildman–Crippen LogP) is 2.16. The number of hydrogen-bond acceptors (Lipinski definition) is 4. The van der Waals surface area contributed by atoms with Crippen LogP contribution in [0.4, 0.5) is 10.5 Å². The van der Waals surface area contributed by atoms with E-state index in [2.05, 4.69) is 0 Å². The molecule has 1 aliphatic heterocycles. The normalized spacial score (nSPS) is 25.0. The van der Waals surface area contributed by atoms with E-state index in [0.29, 0.717) is 6.54 Å². The maximum Gasteiger partial charge on any atom is 0.414 e. The summed E-state index contributed by atoms with van der Waals surface area (Å²) in [7, 11) is 0. The molecule has 2 N–H and O–H groups in total. The SMILES string of the molecule is O=C1OC(CO)CN1c1ccc(C2(O)CCCCC2)cc1. The molecule has 21 heavy (non-hydrogen) atoms. The van der Waals surface area contributed by atoms with Gasteiger partial charge in [0.2, 0.25) is 0 Å². The summed E-state index contributed by atoms with van der Waals surface area (Å²) < 4.78 is 5.03. The summed E-state index contributed by atoms with van der Waals surface area (Å²) in [5.74, 6) is 0. The molecular formula is C16H21NO4. The van der Waals surface area contributed by atoms with Crippen LogP contribution in [0, 0.1) is 0 Å². The van der Waals surface area contributed by atoms with Gasteiger partial charge < -0.3 is 14.9 Å². The Kier molecular flexibility index (Phi) is 3.87. The number of amides is 1. The van der Waals surface area contributed by atoms with Crippen molar-refractivity contribution in [1.29, 1.82) is 0 Å². The Bertz CT molecular complexity index is 508. The Morgan fingerprint density at radius 2 is 1.86 bits per heavy atom. The average Bonchev–Trinajstić information content (AvgIpc) is 2.89. The van der Waals surface area contributed by atoms with Crippen molar-refractivity contribution in [2.45, 2.75) is 43.8 Å². The second-order valence-corrected chi connectivity index (χ2v) is 5.94. The van der Waals surface area contributed by atoms with Crippen molar-refractivity contribution >= 4 is 11.8 Å². The van der Waals surface area contributed by atoms with E-state index < -0.39 is 17.8 Å². The molecule has 114 valence electrons. The van der Waals surface area contributed by atoms with Crippen molar-refractivity contribution in [3.8, 4) is 0 Å². The van der Waals surface area contributed by atoms with Crippen molar-refractivity contribution in [2.75, 3.05) is 18.1 Å². The first-order valence-corrected chi connectivity index (χ1v) is 7.54. The van der Waals surface area contributed by atoms with Gasteiger partial charge >= 0.3 is 6.09 Å². The lowest BCUT2D eigenvalue weighted by Crippen LogP contribution is -2.29. The Labute approximate surface area is 124 Å². The van der Waals surface area contributed by atoms with Crippen LogP contribution in [0.1, 0.15) is 37.7 Å². The number of ether oxygens (including phenoxy) is 1. The van der Waals surface area contributed by atoms with Crippen molar-refractivity contribution in [1.82, 2.24) is 0 Å². The minimum Gasteiger partial charge on any atom is -0.441 e. The zero-order valence-corrected chi connectivity index (χ0v) is 12.0. The zero-order chi connectivity index (χ0) is 14.9. The molecule has 0 bridgehead atoms. The van der Waals surface area contributed by atoms with Gasteiger partial charge in [-0.2, -0.15) is 0 Å². The first kappa shape index (κ1) is 14.4. The second kappa shape index (κ2) is 5.66. The number of hydrogen-bond donors (Lipinski definition) is 2. The number of carbonyl (C=O) groups is 1. The molecule has 0 spiro atoms. The zero-order valence-electron chi connectivity index (χ0n) is 12.0. The van der Waals surface area contributed by atoms with Gasteiger partial charge in [-0.25, -0.2) is 4.79 Å². The number of aliphatic hydroxyl groups is 2. The van der Waals surface area contributed by atoms with E-state index in [0.717, 1.165) is 36.9 Å². The van der Waals surface area contributed by atoms with E-state index >= 15 is 0 Å². The van der Waals surface area contributed by atoms with Crippen LogP contribution < -0.4 is 4.90 Å². The van der Waals surface area contributed by atoms with Gasteiger partial charge in [-0.1, -0.05) is 31.4 Å². The summed E-state index contributed by atoms with van der Waals surface area (Å²) in [4.78, 5) is 13.2. The van der Waals surface area contributed by atoms with Crippen molar-refractivity contribution in [3.63, 3.8) is 0 Å². The van der Waals surface area contributed by atoms with Gasteiger partial charge in [-0.15, -0.1) is 0 Å². The van der Waals surface area contributed by atoms with E-state index in [1.165, 1.54) is 11.3 Å². The lowest BCUT2D eigenvalue weighted by atomic mass is 9.80. The monoisotopic (exact) mass is 291 g/mol. The van der Waals surface area contributed by atoms with Crippen LogP contribution in [0.15, 0.2) is 24.3 Å². The number of anilines is 1. The molecule has 5 nitrogen and oxygen atoms in total. The molecule has 1 aliphatic carbocycles. The summed E-state index contributed by atoms with van der Waals surface area (Å²) in [5.41, 5.74) is 0.923. The van der Waals surface area contributed by atoms with E-state index in [-0.39, 0.29) is 6.61 Å². The summed E-state index contributed by atoms with van der Waals surface area (Å²) in [5, 5.41) is 19.8. The number of carbonyl (C=O) groups excluding carboxylic acids is 1. The van der Waals surface area contributed by atoms with Crippen LogP contribution in [0.2, 0.25) is 0 Å². The molecule has 0 aromatic heterocycles. The number of rotatable bonds is 3. The maximum atomic E-state index is 11.7. The highest BCUT2D eigenvalue weighted by Gasteiger charge is 2.33. The van der Waals surface area contributed by atoms with Crippen molar-refractivity contribution < 1.29 is 19.7 Å². The van der Waals surface area contributed by atoms with Crippen LogP contribution in [-0.2, 0) is 10.3 Å². The molecule has 5 heteroatoms. The predicted molar refractivity (Wildman–Crippen MR) is 78.1 cm³/mol. The number of benzene rings is 1. The minimum absolute atomic E-state index is 0.167. The molecule has 1 aromatic carbocycles. The van der Waals surface area contributed by atoms with Gasteiger partial charge in [-0.3, -0.25) is 4.90 Å². The summed E-state index contributed by atoms with van der Waals surface area (Å²) in [6.07, 6.45) is 3.99. The molecule has 1 aromatic rings. The number of nitrogens with zero attached hydrogens (tertiary/aromatic N) is 1. The third kappa shape index (κ3) is 2.76. The van der Waals surface area contributed by atoms with Crippen LogP contribution in [0.5, 0.6) is 0 Å². The Morgan fingerprint density at radius 1 is 1.19 bits per heavy atom. The summed E-state index contributed by atoms with van der Waals surface area (Å²) >= 11 is 0. The van der Waals surface area contributed by atoms with E-state index in [9.17, 15) is 9.90 Å². The average molecular weight is 291 g/mol. The van der Waals surface area contributed by atoms with Gasteiger partial charge in [0.05, 0.1) is 18.8 Å². The summed E-state index contributed by atoms with van der Waals surface area (Å²) in [6.45, 7) is 0.193. The molecule has 1 saturated carbocycles. The highest BCUT2D eigenvalue weighted by atomic mass is 16.6. The van der Waals surface area contributed by atoms with Gasteiger partial charge in [0.25, 0.3) is 0 Å². The van der Waals surface area contributed by atoms with E-state index in [4.69, 9.17) is 9.84 Å². The van der Waals surface area contributed by atoms with E-state index in [1.54, 1.807) is 0 Å². The number of cyclic esters (lactones) is 1. The van der Waals surface area contributed by atoms with Crippen LogP contribution in [0.3, 0.4) is 0 Å². The molecular weight excluding hydrogens is 270 g/mol. The molecule has 2 aliphatic rings. The van der Waals surface area contributed by atoms with E-state index in [1.807, 2.05) is 24.3 Å². The van der Waals surface area contributed by atoms with Gasteiger partial charge in [-0.05, 0) is 30.5 Å². The Hall–Kier alpha value is -1.59. The number of aliphatic hydroxyl groups excluding tert-OH is 1. The third-order valence-electron chi connectivity index (χ3n) is 4.47. The highest BCUT2D eigenvalue weighted by Crippen LogP contribution is 2.37. The molecule has 1 heterocycles. The molecule has 0 radical (unpaired) electrons. The van der Waals surface area contributed by atoms with Crippen LogP contribution >= 0.6 is 0 Å². The fourth-order valence-electron chi connectivity index (χ4n) is 3.20. The van der Waals surface area contributed by atoms with Crippen molar-refractivity contribution in [2.24, 2.45) is 0 Å². The standard InChI is InChI=1S/C16H21NO4/c18-11-14-10-17(15(19)21-14)13-6-4-12(5-7-13)16(20)8-2-1-3-9-16/h4-7,14,18,20H,1-3,8-11H2. The Balaban J connectivity index is 1.76. The highest BCUT2D eigenvalue weighted by molar-refractivity contribution is 5.89. The molecule has 1 unspecified atom stereocenters. The Morgan fingerprint density at radius 3 is 2.43 bits per heavy atom. The molecule has 1 amide bonds. The smallest absolute Gasteiger partial charge is 0.414 e. The quantitative estimate of drug-likeness (QED) is 0.895. The lowest BCUT2D eigenvalue weighted by molar-refractivity contribution is -0.000612. The maximum absolute atomic E-state index is 11.7. The minimum atomic E-state index is -0.726. The van der Waals surface area contributed by atoms with Gasteiger partial charge in [0.1, 0.15) is 6.10 Å². The largest absolute Gasteiger partial charge is 0.441 e. The van der Waals surface area contributed by atoms with Gasteiger partial charge in [0.15, 0.2) is 0 Å². The fourth-order valence-corrected chi connectivity index (χ4v) is 3.20. The molecule has 2 fully saturated rings.